The molecule has 2 aliphatic rings. The molecule has 4 heteroatoms. The third-order valence-electron chi connectivity index (χ3n) is 3.57. The van der Waals surface area contributed by atoms with E-state index in [1.165, 1.54) is 25.7 Å². The molecule has 0 spiro atoms. The van der Waals surface area contributed by atoms with Gasteiger partial charge in [0, 0.05) is 6.54 Å². The molecular formula is C11H19NO3. The first-order chi connectivity index (χ1) is 7.27. The maximum Gasteiger partial charge on any atom is 0.233 e. The maximum absolute atomic E-state index is 11.8. The molecule has 0 bridgehead atoms. The summed E-state index contributed by atoms with van der Waals surface area (Å²) in [6.45, 7) is 1.38. The molecular weight excluding hydrogens is 194 g/mol. The number of amides is 1. The summed E-state index contributed by atoms with van der Waals surface area (Å²) in [6.07, 6.45) is 5.02. The number of carbonyl (C=O) groups excluding carboxylic acids is 1. The summed E-state index contributed by atoms with van der Waals surface area (Å²) in [5.74, 6) is 0.605. The van der Waals surface area contributed by atoms with Crippen LogP contribution in [0.1, 0.15) is 25.7 Å². The van der Waals surface area contributed by atoms with E-state index in [1.54, 1.807) is 0 Å². The minimum atomic E-state index is -0.640. The van der Waals surface area contributed by atoms with E-state index in [2.05, 4.69) is 5.32 Å². The van der Waals surface area contributed by atoms with E-state index >= 15 is 0 Å². The SMILES string of the molecule is O=C(NCC1CCCC1)C1(CO)COC1. The van der Waals surface area contributed by atoms with E-state index in [0.717, 1.165) is 6.54 Å². The monoisotopic (exact) mass is 213 g/mol. The predicted octanol–water partition coefficient (Wildman–Crippen LogP) is 0.302. The molecule has 0 atom stereocenters. The zero-order valence-corrected chi connectivity index (χ0v) is 9.00. The molecule has 0 aromatic carbocycles. The van der Waals surface area contributed by atoms with Crippen LogP contribution in [-0.2, 0) is 9.53 Å². The van der Waals surface area contributed by atoms with Crippen molar-refractivity contribution < 1.29 is 14.6 Å². The average molecular weight is 213 g/mol. The Morgan fingerprint density at radius 1 is 1.40 bits per heavy atom. The molecule has 2 fully saturated rings. The molecule has 1 aliphatic carbocycles. The number of carbonyl (C=O) groups is 1. The lowest BCUT2D eigenvalue weighted by Gasteiger charge is -2.38. The topological polar surface area (TPSA) is 58.6 Å². The van der Waals surface area contributed by atoms with Crippen molar-refractivity contribution in [2.24, 2.45) is 11.3 Å². The summed E-state index contributed by atoms with van der Waals surface area (Å²) < 4.78 is 5.00. The highest BCUT2D eigenvalue weighted by molar-refractivity contribution is 5.83. The van der Waals surface area contributed by atoms with Gasteiger partial charge in [0.25, 0.3) is 0 Å². The Bertz CT molecular complexity index is 226. The maximum atomic E-state index is 11.8. The van der Waals surface area contributed by atoms with Gasteiger partial charge in [0.1, 0.15) is 5.41 Å². The molecule has 0 radical (unpaired) electrons. The lowest BCUT2D eigenvalue weighted by molar-refractivity contribution is -0.170. The molecule has 2 N–H and O–H groups in total. The summed E-state index contributed by atoms with van der Waals surface area (Å²) in [5, 5.41) is 12.1. The first-order valence-corrected chi connectivity index (χ1v) is 5.74. The van der Waals surface area contributed by atoms with Crippen molar-refractivity contribution in [2.75, 3.05) is 26.4 Å². The first kappa shape index (κ1) is 10.9. The van der Waals surface area contributed by atoms with Gasteiger partial charge >= 0.3 is 0 Å². The quantitative estimate of drug-likeness (QED) is 0.706. The Morgan fingerprint density at radius 2 is 2.07 bits per heavy atom. The first-order valence-electron chi connectivity index (χ1n) is 5.74. The van der Waals surface area contributed by atoms with Crippen LogP contribution < -0.4 is 5.32 Å². The van der Waals surface area contributed by atoms with Crippen LogP contribution in [-0.4, -0.2) is 37.4 Å². The van der Waals surface area contributed by atoms with Crippen LogP contribution in [0.2, 0.25) is 0 Å². The highest BCUT2D eigenvalue weighted by Crippen LogP contribution is 2.28. The van der Waals surface area contributed by atoms with Gasteiger partial charge in [-0.25, -0.2) is 0 Å². The number of aliphatic hydroxyl groups excluding tert-OH is 1. The summed E-state index contributed by atoms with van der Waals surface area (Å²) in [4.78, 5) is 11.8. The highest BCUT2D eigenvalue weighted by Gasteiger charge is 2.45. The van der Waals surface area contributed by atoms with Crippen LogP contribution in [0.25, 0.3) is 0 Å². The number of rotatable bonds is 4. The zero-order chi connectivity index (χ0) is 10.7. The lowest BCUT2D eigenvalue weighted by Crippen LogP contribution is -2.56. The van der Waals surface area contributed by atoms with Gasteiger partial charge in [-0.2, -0.15) is 0 Å². The molecule has 86 valence electrons. The van der Waals surface area contributed by atoms with E-state index in [4.69, 9.17) is 9.84 Å². The van der Waals surface area contributed by atoms with Crippen LogP contribution in [0.15, 0.2) is 0 Å². The van der Waals surface area contributed by atoms with Crippen molar-refractivity contribution >= 4 is 5.91 Å². The second-order valence-corrected chi connectivity index (χ2v) is 4.79. The van der Waals surface area contributed by atoms with Crippen molar-refractivity contribution in [1.29, 1.82) is 0 Å². The second-order valence-electron chi connectivity index (χ2n) is 4.79. The van der Waals surface area contributed by atoms with Gasteiger partial charge < -0.3 is 15.2 Å². The smallest absolute Gasteiger partial charge is 0.233 e. The number of hydrogen-bond acceptors (Lipinski definition) is 3. The minimum absolute atomic E-state index is 0.0387. The van der Waals surface area contributed by atoms with Gasteiger partial charge in [0.05, 0.1) is 19.8 Å². The van der Waals surface area contributed by atoms with Crippen molar-refractivity contribution in [1.82, 2.24) is 5.32 Å². The fourth-order valence-electron chi connectivity index (χ4n) is 2.28. The van der Waals surface area contributed by atoms with Gasteiger partial charge in [-0.15, -0.1) is 0 Å². The molecule has 1 aliphatic heterocycles. The molecule has 0 unspecified atom stereocenters. The molecule has 1 amide bonds. The van der Waals surface area contributed by atoms with Crippen molar-refractivity contribution in [3.05, 3.63) is 0 Å². The van der Waals surface area contributed by atoms with Crippen LogP contribution in [0.3, 0.4) is 0 Å². The standard InChI is InChI=1S/C11H19NO3/c13-6-11(7-15-8-11)10(14)12-5-9-3-1-2-4-9/h9,13H,1-8H2,(H,12,14). The third kappa shape index (κ3) is 2.16. The molecule has 0 aromatic heterocycles. The lowest BCUT2D eigenvalue weighted by atomic mass is 9.86. The van der Waals surface area contributed by atoms with E-state index in [-0.39, 0.29) is 12.5 Å². The van der Waals surface area contributed by atoms with Crippen LogP contribution in [0.4, 0.5) is 0 Å². The summed E-state index contributed by atoms with van der Waals surface area (Å²) in [5.41, 5.74) is -0.640. The molecule has 15 heavy (non-hydrogen) atoms. The molecule has 1 saturated carbocycles. The summed E-state index contributed by atoms with van der Waals surface area (Å²) >= 11 is 0. The molecule has 1 saturated heterocycles. The average Bonchev–Trinajstić information content (AvgIpc) is 2.66. The Labute approximate surface area is 90.0 Å². The van der Waals surface area contributed by atoms with Crippen LogP contribution in [0, 0.1) is 11.3 Å². The second kappa shape index (κ2) is 4.49. The van der Waals surface area contributed by atoms with Crippen LogP contribution in [0.5, 0.6) is 0 Å². The van der Waals surface area contributed by atoms with Gasteiger partial charge in [0.15, 0.2) is 0 Å². The fourth-order valence-corrected chi connectivity index (χ4v) is 2.28. The Morgan fingerprint density at radius 3 is 2.53 bits per heavy atom. The summed E-state index contributed by atoms with van der Waals surface area (Å²) in [7, 11) is 0. The van der Waals surface area contributed by atoms with Crippen molar-refractivity contribution in [3.8, 4) is 0 Å². The minimum Gasteiger partial charge on any atom is -0.395 e. The molecule has 1 heterocycles. The highest BCUT2D eigenvalue weighted by atomic mass is 16.5. The normalized spacial score (nSPS) is 24.9. The van der Waals surface area contributed by atoms with Crippen molar-refractivity contribution in [2.45, 2.75) is 25.7 Å². The number of nitrogens with one attached hydrogen (secondary N) is 1. The third-order valence-corrected chi connectivity index (χ3v) is 3.57. The van der Waals surface area contributed by atoms with Gasteiger partial charge in [-0.1, -0.05) is 12.8 Å². The Hall–Kier alpha value is -0.610. The van der Waals surface area contributed by atoms with E-state index in [9.17, 15) is 4.79 Å². The number of aliphatic hydroxyl groups is 1. The largest absolute Gasteiger partial charge is 0.395 e. The van der Waals surface area contributed by atoms with Gasteiger partial charge in [-0.05, 0) is 18.8 Å². The van der Waals surface area contributed by atoms with E-state index < -0.39 is 5.41 Å². The van der Waals surface area contributed by atoms with E-state index in [0.29, 0.717) is 19.1 Å². The Kier molecular flexibility index (Phi) is 3.26. The van der Waals surface area contributed by atoms with E-state index in [1.807, 2.05) is 0 Å². The number of ether oxygens (including phenoxy) is 1. The van der Waals surface area contributed by atoms with Gasteiger partial charge in [-0.3, -0.25) is 4.79 Å². The molecule has 4 nitrogen and oxygen atoms in total. The molecule has 0 aromatic rings. The predicted molar refractivity (Wildman–Crippen MR) is 55.3 cm³/mol. The zero-order valence-electron chi connectivity index (χ0n) is 9.00. The number of hydrogen-bond donors (Lipinski definition) is 2. The molecule has 2 rings (SSSR count). The van der Waals surface area contributed by atoms with Crippen molar-refractivity contribution in [3.63, 3.8) is 0 Å². The van der Waals surface area contributed by atoms with Gasteiger partial charge in [0.2, 0.25) is 5.91 Å². The Balaban J connectivity index is 1.76. The fraction of sp³-hybridized carbons (Fsp3) is 0.909. The van der Waals surface area contributed by atoms with Crippen LogP contribution >= 0.6 is 0 Å². The summed E-state index contributed by atoms with van der Waals surface area (Å²) in [6, 6.07) is 0.